The number of hydrogen-bond acceptors (Lipinski definition) is 6. The van der Waals surface area contributed by atoms with Crippen molar-refractivity contribution in [2.24, 2.45) is 0 Å². The minimum atomic E-state index is 0. The van der Waals surface area contributed by atoms with E-state index in [4.69, 9.17) is 12.6 Å². The predicted octanol–water partition coefficient (Wildman–Crippen LogP) is -8.50. The second-order valence-corrected chi connectivity index (χ2v) is 2.29. The van der Waals surface area contributed by atoms with Gasteiger partial charge in [-0.25, -0.2) is 5.25 Å². The van der Waals surface area contributed by atoms with Crippen LogP contribution in [0, 0.1) is 0 Å². The molecule has 0 aliphatic carbocycles. The molecule has 0 N–H and O–H groups in total. The van der Waals surface area contributed by atoms with Crippen molar-refractivity contribution in [1.82, 2.24) is 0 Å². The zero-order valence-corrected chi connectivity index (χ0v) is 30.1. The van der Waals surface area contributed by atoms with Crippen molar-refractivity contribution in [3.63, 3.8) is 0 Å². The first-order chi connectivity index (χ1) is 5.81. The van der Waals surface area contributed by atoms with Crippen molar-refractivity contribution in [1.29, 1.82) is 0 Å². The standard InChI is InChI=1S/C3H8S3.3CH4S.3Rb/c4-1-3(6)2-5;3*1-2;;;/h3-6H,1-2H2;3*2H,1H3;;;/q;;;;3*+1/p-6. The summed E-state index contributed by atoms with van der Waals surface area (Å²) < 4.78 is 0. The smallest absolute Gasteiger partial charge is 0.796 e. The van der Waals surface area contributed by atoms with Gasteiger partial charge in [-0.05, 0) is 0 Å². The molecule has 0 atom stereocenters. The summed E-state index contributed by atoms with van der Waals surface area (Å²) >= 11 is 26.2. The van der Waals surface area contributed by atoms with E-state index in [1.54, 1.807) is 18.8 Å². The summed E-state index contributed by atoms with van der Waals surface area (Å²) in [4.78, 5) is 0. The Morgan fingerprint density at radius 2 is 0.800 bits per heavy atom. The summed E-state index contributed by atoms with van der Waals surface area (Å²) in [6, 6.07) is 0. The van der Waals surface area contributed by atoms with E-state index >= 15 is 0 Å². The molecule has 0 nitrogen and oxygen atoms in total. The topological polar surface area (TPSA) is 0 Å². The Kier molecular flexibility index (Phi) is 167. The zero-order chi connectivity index (χ0) is 11.0. The monoisotopic (exact) mass is 533 g/mol. The molecule has 9 heteroatoms. The van der Waals surface area contributed by atoms with Gasteiger partial charge in [0.2, 0.25) is 0 Å². The van der Waals surface area contributed by atoms with Crippen molar-refractivity contribution in [2.45, 2.75) is 5.25 Å². The molecule has 0 aliphatic rings. The summed E-state index contributed by atoms with van der Waals surface area (Å²) in [7, 11) is 0. The molecule has 0 rings (SSSR count). The van der Waals surface area contributed by atoms with Crippen LogP contribution in [-0.2, 0) is 75.8 Å². The first-order valence-corrected chi connectivity index (χ1v) is 6.93. The van der Waals surface area contributed by atoms with Crippen LogP contribution in [0.4, 0.5) is 0 Å². The summed E-state index contributed by atoms with van der Waals surface area (Å²) in [6.45, 7) is 0. The fraction of sp³-hybridized carbons (Fsp3) is 1.00. The van der Waals surface area contributed by atoms with E-state index in [9.17, 15) is 0 Å². The number of hydrogen-bond donors (Lipinski definition) is 0. The fourth-order valence-electron chi connectivity index (χ4n) is 0.0481. The van der Waals surface area contributed by atoms with Gasteiger partial charge in [-0.2, -0.15) is 30.3 Å². The molecular formula is C6H14Rb3S6-3. The van der Waals surface area contributed by atoms with Crippen LogP contribution >= 0.6 is 0 Å². The van der Waals surface area contributed by atoms with Crippen LogP contribution in [-0.4, -0.2) is 35.5 Å². The number of rotatable bonds is 2. The van der Waals surface area contributed by atoms with Crippen LogP contribution in [0.15, 0.2) is 0 Å². The third-order valence-corrected chi connectivity index (χ3v) is 1.93. The first kappa shape index (κ1) is 43.3. The maximum atomic E-state index is 4.73. The predicted molar refractivity (Wildman–Crippen MR) is 75.5 cm³/mol. The van der Waals surface area contributed by atoms with E-state index in [-0.39, 0.29) is 180 Å². The molecule has 80 valence electrons. The maximum absolute atomic E-state index is 4.73. The largest absolute Gasteiger partial charge is 1.00 e. The van der Waals surface area contributed by atoms with E-state index in [1.807, 2.05) is 0 Å². The van der Waals surface area contributed by atoms with Crippen LogP contribution in [0.1, 0.15) is 0 Å². The average Bonchev–Trinajstić information content (AvgIpc) is 2.25. The summed E-state index contributed by atoms with van der Waals surface area (Å²) in [5.74, 6) is 1.25. The molecule has 0 aromatic heterocycles. The molecule has 0 heterocycles. The molecule has 15 heavy (non-hydrogen) atoms. The Bertz CT molecular complexity index is 42.0. The van der Waals surface area contributed by atoms with E-state index < -0.39 is 0 Å². The molecule has 0 saturated carbocycles. The Morgan fingerprint density at radius 1 is 0.667 bits per heavy atom. The van der Waals surface area contributed by atoms with Crippen LogP contribution in [0.3, 0.4) is 0 Å². The normalized spacial score (nSPS) is 5.20. The van der Waals surface area contributed by atoms with Crippen LogP contribution in [0.25, 0.3) is 0 Å². The molecule has 0 saturated heterocycles. The van der Waals surface area contributed by atoms with Crippen molar-refractivity contribution in [2.75, 3.05) is 30.3 Å². The van der Waals surface area contributed by atoms with Gasteiger partial charge in [-0.15, -0.1) is 0 Å². The van der Waals surface area contributed by atoms with Gasteiger partial charge in [0, 0.05) is 0 Å². The quantitative estimate of drug-likeness (QED) is 0.321. The average molecular weight is 535 g/mol. The third kappa shape index (κ3) is 61.8. The maximum Gasteiger partial charge on any atom is 1.00 e. The van der Waals surface area contributed by atoms with Gasteiger partial charge in [-0.3, -0.25) is 0 Å². The molecule has 0 spiro atoms. The zero-order valence-electron chi connectivity index (χ0n) is 10.4. The molecule has 0 aromatic carbocycles. The molecule has 0 unspecified atom stereocenters. The van der Waals surface area contributed by atoms with Gasteiger partial charge in [-0.1, -0.05) is 0 Å². The van der Waals surface area contributed by atoms with Gasteiger partial charge < -0.3 is 75.8 Å². The van der Waals surface area contributed by atoms with E-state index in [2.05, 4.69) is 63.1 Å². The Morgan fingerprint density at radius 3 is 0.800 bits per heavy atom. The second kappa shape index (κ2) is 57.8. The van der Waals surface area contributed by atoms with Gasteiger partial charge >= 0.3 is 175 Å². The van der Waals surface area contributed by atoms with E-state index in [0.717, 1.165) is 0 Å². The van der Waals surface area contributed by atoms with Crippen LogP contribution in [0.2, 0.25) is 0 Å². The second-order valence-electron chi connectivity index (χ2n) is 0.955. The molecule has 0 aromatic rings. The van der Waals surface area contributed by atoms with E-state index in [0.29, 0.717) is 11.5 Å². The molecular weight excluding hydrogens is 521 g/mol. The van der Waals surface area contributed by atoms with Crippen molar-refractivity contribution < 1.29 is 175 Å². The Balaban J connectivity index is -0.0000000126. The van der Waals surface area contributed by atoms with E-state index in [1.165, 1.54) is 0 Å². The molecule has 0 radical (unpaired) electrons. The van der Waals surface area contributed by atoms with Gasteiger partial charge in [0.25, 0.3) is 0 Å². The Labute approximate surface area is 276 Å². The molecule has 0 fully saturated rings. The minimum Gasteiger partial charge on any atom is -0.796 e. The molecule has 0 aliphatic heterocycles. The first-order valence-electron chi connectivity index (χ1n) is 2.85. The molecule has 0 amide bonds. The van der Waals surface area contributed by atoms with Gasteiger partial charge in [0.1, 0.15) is 0 Å². The van der Waals surface area contributed by atoms with Crippen molar-refractivity contribution >= 4 is 75.8 Å². The summed E-state index contributed by atoms with van der Waals surface area (Å²) in [5.41, 5.74) is 0. The SMILES string of the molecule is C[S-].C[S-].C[S-].[Rb+].[Rb+].[Rb+].[S-]CC([S-])C[S-]. The summed E-state index contributed by atoms with van der Waals surface area (Å²) in [5, 5.41) is 0.148. The third-order valence-electron chi connectivity index (χ3n) is 0.372. The van der Waals surface area contributed by atoms with Gasteiger partial charge in [0.05, 0.1) is 0 Å². The molecule has 0 bridgehead atoms. The minimum absolute atomic E-state index is 0. The Hall–Kier alpha value is 7.52. The van der Waals surface area contributed by atoms with Crippen molar-refractivity contribution in [3.8, 4) is 0 Å². The van der Waals surface area contributed by atoms with Crippen LogP contribution in [0.5, 0.6) is 0 Å². The van der Waals surface area contributed by atoms with Crippen molar-refractivity contribution in [3.05, 3.63) is 0 Å². The summed E-state index contributed by atoms with van der Waals surface area (Å²) in [6.07, 6.45) is 4.75. The van der Waals surface area contributed by atoms with Gasteiger partial charge in [0.15, 0.2) is 0 Å². The van der Waals surface area contributed by atoms with Crippen LogP contribution < -0.4 is 175 Å². The fourth-order valence-corrected chi connectivity index (χ4v) is 0.433.